The molecule has 0 aromatic carbocycles. The van der Waals surface area contributed by atoms with E-state index in [-0.39, 0.29) is 35.7 Å². The summed E-state index contributed by atoms with van der Waals surface area (Å²) in [4.78, 5) is 27.0. The van der Waals surface area contributed by atoms with Crippen molar-refractivity contribution in [2.45, 2.75) is 94.9 Å². The van der Waals surface area contributed by atoms with Gasteiger partial charge in [0.25, 0.3) is 0 Å². The van der Waals surface area contributed by atoms with Gasteiger partial charge in [-0.05, 0) is 77.6 Å². The third kappa shape index (κ3) is 4.23. The quantitative estimate of drug-likeness (QED) is 0.754. The van der Waals surface area contributed by atoms with Crippen LogP contribution in [0.25, 0.3) is 0 Å². The lowest BCUT2D eigenvalue weighted by Gasteiger charge is -2.61. The molecule has 7 nitrogen and oxygen atoms in total. The Morgan fingerprint density at radius 2 is 1.90 bits per heavy atom. The van der Waals surface area contributed by atoms with Crippen molar-refractivity contribution in [3.05, 3.63) is 0 Å². The molecule has 0 radical (unpaired) electrons. The smallest absolute Gasteiger partial charge is 0.408 e. The van der Waals surface area contributed by atoms with Crippen LogP contribution in [0.3, 0.4) is 0 Å². The number of likely N-dealkylation sites (tertiary alicyclic amines) is 1. The minimum Gasteiger partial charge on any atom is -0.443 e. The Morgan fingerprint density at radius 1 is 1.21 bits per heavy atom. The van der Waals surface area contributed by atoms with Gasteiger partial charge in [-0.1, -0.05) is 0 Å². The number of amides is 2. The van der Waals surface area contributed by atoms with Gasteiger partial charge in [0.1, 0.15) is 11.6 Å². The van der Waals surface area contributed by atoms with Crippen molar-refractivity contribution in [3.8, 4) is 6.07 Å². The van der Waals surface area contributed by atoms with E-state index >= 15 is 0 Å². The highest BCUT2D eigenvalue weighted by atomic mass is 16.6. The molecule has 29 heavy (non-hydrogen) atoms. The molecule has 5 rings (SSSR count). The normalized spacial score (nSPS) is 38.0. The Morgan fingerprint density at radius 3 is 2.52 bits per heavy atom. The molecule has 160 valence electrons. The molecule has 5 aliphatic rings. The molecule has 0 aromatic rings. The van der Waals surface area contributed by atoms with E-state index in [1.807, 2.05) is 20.8 Å². The van der Waals surface area contributed by atoms with Gasteiger partial charge in [0, 0.05) is 24.0 Å². The molecule has 1 heterocycles. The van der Waals surface area contributed by atoms with Gasteiger partial charge >= 0.3 is 6.09 Å². The zero-order valence-corrected chi connectivity index (χ0v) is 17.9. The summed E-state index contributed by atoms with van der Waals surface area (Å²) >= 11 is 0. The zero-order valence-electron chi connectivity index (χ0n) is 17.9. The number of carbonyl (C=O) groups is 2. The Hall–Kier alpha value is -1.81. The van der Waals surface area contributed by atoms with Gasteiger partial charge < -0.3 is 20.3 Å². The van der Waals surface area contributed by atoms with E-state index < -0.39 is 5.60 Å². The fourth-order valence-electron chi connectivity index (χ4n) is 6.60. The summed E-state index contributed by atoms with van der Waals surface area (Å²) in [5.41, 5.74) is -0.878. The highest BCUT2D eigenvalue weighted by molar-refractivity contribution is 5.79. The molecule has 5 fully saturated rings. The topological polar surface area (TPSA) is 94.5 Å². The number of nitrogens with zero attached hydrogens (tertiary/aromatic N) is 2. The van der Waals surface area contributed by atoms with Crippen molar-refractivity contribution >= 4 is 12.0 Å². The number of alkyl carbamates (subject to hydrolysis) is 1. The predicted molar refractivity (Wildman–Crippen MR) is 108 cm³/mol. The molecule has 2 amide bonds. The number of nitrogens with one attached hydrogen (secondary N) is 2. The highest BCUT2D eigenvalue weighted by Gasteiger charge is 2.59. The number of ether oxygens (including phenoxy) is 1. The highest BCUT2D eigenvalue weighted by Crippen LogP contribution is 2.58. The van der Waals surface area contributed by atoms with Crippen LogP contribution in [0.1, 0.15) is 72.1 Å². The van der Waals surface area contributed by atoms with Crippen molar-refractivity contribution in [1.29, 1.82) is 5.26 Å². The lowest BCUT2D eigenvalue weighted by molar-refractivity contribution is -0.148. The lowest BCUT2D eigenvalue weighted by atomic mass is 9.51. The van der Waals surface area contributed by atoms with Gasteiger partial charge in [0.15, 0.2) is 0 Å². The lowest BCUT2D eigenvalue weighted by Crippen LogP contribution is -2.66. The van der Waals surface area contributed by atoms with Gasteiger partial charge in [-0.3, -0.25) is 4.79 Å². The summed E-state index contributed by atoms with van der Waals surface area (Å²) in [7, 11) is 0. The molecule has 3 atom stereocenters. The number of nitriles is 1. The van der Waals surface area contributed by atoms with Crippen molar-refractivity contribution in [3.63, 3.8) is 0 Å². The molecule has 7 heteroatoms. The molecule has 1 aliphatic heterocycles. The van der Waals surface area contributed by atoms with Crippen LogP contribution in [0.4, 0.5) is 4.79 Å². The minimum atomic E-state index is -0.418. The average Bonchev–Trinajstić information content (AvgIpc) is 3.05. The molecule has 4 bridgehead atoms. The Balaban J connectivity index is 1.42. The third-order valence-electron chi connectivity index (χ3n) is 7.13. The predicted octanol–water partition coefficient (Wildman–Crippen LogP) is 2.71. The van der Waals surface area contributed by atoms with Gasteiger partial charge in [-0.25, -0.2) is 4.79 Å². The second-order valence-corrected chi connectivity index (χ2v) is 10.9. The van der Waals surface area contributed by atoms with E-state index in [4.69, 9.17) is 4.74 Å². The van der Waals surface area contributed by atoms with Crippen LogP contribution >= 0.6 is 0 Å². The summed E-state index contributed by atoms with van der Waals surface area (Å²) in [5, 5.41) is 15.8. The standard InChI is InChI=1S/C22H34N4O3/c1-20(2,3)25-19(28)29-22-10-15-7-16(11-22)9-21(8-15,14-22)24-13-18(27)26-6-4-5-17(26)12-23/h15-17,24H,4-11,13-14H2,1-3H3,(H,25,28)/t15?,16?,17-,21?,22?/m0/s1. The molecule has 4 aliphatic carbocycles. The first kappa shape index (κ1) is 20.5. The van der Waals surface area contributed by atoms with Gasteiger partial charge in [0.05, 0.1) is 12.6 Å². The average molecular weight is 403 g/mol. The summed E-state index contributed by atoms with van der Waals surface area (Å²) in [6.07, 6.45) is 7.28. The fourth-order valence-corrected chi connectivity index (χ4v) is 6.60. The summed E-state index contributed by atoms with van der Waals surface area (Å²) in [6.45, 7) is 6.80. The van der Waals surface area contributed by atoms with Crippen LogP contribution in [0.2, 0.25) is 0 Å². The number of hydrogen-bond donors (Lipinski definition) is 2. The van der Waals surface area contributed by atoms with Crippen molar-refractivity contribution in [2.24, 2.45) is 11.8 Å². The van der Waals surface area contributed by atoms with Gasteiger partial charge in [-0.2, -0.15) is 5.26 Å². The first-order valence-corrected chi connectivity index (χ1v) is 11.1. The fraction of sp³-hybridized carbons (Fsp3) is 0.864. The maximum Gasteiger partial charge on any atom is 0.408 e. The van der Waals surface area contributed by atoms with Crippen molar-refractivity contribution < 1.29 is 14.3 Å². The van der Waals surface area contributed by atoms with Crippen LogP contribution in [-0.4, -0.2) is 52.7 Å². The summed E-state index contributed by atoms with van der Waals surface area (Å²) in [6, 6.07) is 1.97. The minimum absolute atomic E-state index is 0.0187. The first-order valence-electron chi connectivity index (χ1n) is 11.1. The Bertz CT molecular complexity index is 709. The number of carbonyl (C=O) groups excluding carboxylic acids is 2. The summed E-state index contributed by atoms with van der Waals surface area (Å²) < 4.78 is 6.06. The zero-order chi connectivity index (χ0) is 20.9. The molecular weight excluding hydrogens is 368 g/mol. The monoisotopic (exact) mass is 402 g/mol. The van der Waals surface area contributed by atoms with E-state index in [0.717, 1.165) is 44.9 Å². The molecule has 4 saturated carbocycles. The van der Waals surface area contributed by atoms with E-state index in [1.54, 1.807) is 4.90 Å². The van der Waals surface area contributed by atoms with E-state index in [0.29, 0.717) is 18.4 Å². The molecular formula is C22H34N4O3. The summed E-state index contributed by atoms with van der Waals surface area (Å²) in [5.74, 6) is 1.10. The Labute approximate surface area is 173 Å². The molecule has 2 N–H and O–H groups in total. The second kappa shape index (κ2) is 7.16. The van der Waals surface area contributed by atoms with E-state index in [2.05, 4.69) is 16.7 Å². The number of hydrogen-bond acceptors (Lipinski definition) is 5. The van der Waals surface area contributed by atoms with Crippen LogP contribution < -0.4 is 10.6 Å². The maximum absolute atomic E-state index is 12.7. The van der Waals surface area contributed by atoms with E-state index in [1.165, 1.54) is 6.42 Å². The molecule has 2 unspecified atom stereocenters. The van der Waals surface area contributed by atoms with Gasteiger partial charge in [0.2, 0.25) is 5.91 Å². The van der Waals surface area contributed by atoms with Crippen molar-refractivity contribution in [1.82, 2.24) is 15.5 Å². The van der Waals surface area contributed by atoms with Crippen molar-refractivity contribution in [2.75, 3.05) is 13.1 Å². The largest absolute Gasteiger partial charge is 0.443 e. The SMILES string of the molecule is CC(C)(C)NC(=O)OC12CC3CC(CC(NCC(=O)N4CCC[C@H]4C#N)(C3)C1)C2. The first-order chi connectivity index (χ1) is 13.6. The third-order valence-corrected chi connectivity index (χ3v) is 7.13. The van der Waals surface area contributed by atoms with Crippen LogP contribution in [0.15, 0.2) is 0 Å². The van der Waals surface area contributed by atoms with Gasteiger partial charge in [-0.15, -0.1) is 0 Å². The van der Waals surface area contributed by atoms with Crippen LogP contribution in [-0.2, 0) is 9.53 Å². The molecule has 1 saturated heterocycles. The van der Waals surface area contributed by atoms with Crippen LogP contribution in [0.5, 0.6) is 0 Å². The maximum atomic E-state index is 12.7. The Kier molecular flexibility index (Phi) is 5.05. The molecule has 0 spiro atoms. The van der Waals surface area contributed by atoms with E-state index in [9.17, 15) is 14.9 Å². The van der Waals surface area contributed by atoms with Crippen LogP contribution in [0, 0.1) is 23.2 Å². The number of rotatable bonds is 4. The second-order valence-electron chi connectivity index (χ2n) is 10.9. The molecule has 0 aromatic heterocycles.